The Morgan fingerprint density at radius 3 is 2.63 bits per heavy atom. The number of aromatic nitrogens is 4. The Balaban J connectivity index is 1.34. The van der Waals surface area contributed by atoms with Gasteiger partial charge >= 0.3 is 0 Å². The van der Waals surface area contributed by atoms with Crippen LogP contribution in [0.2, 0.25) is 0 Å². The van der Waals surface area contributed by atoms with Crippen LogP contribution >= 0.6 is 0 Å². The zero-order chi connectivity index (χ0) is 21.3. The molecule has 0 fully saturated rings. The summed E-state index contributed by atoms with van der Waals surface area (Å²) in [5.41, 5.74) is 3.18. The fourth-order valence-electron chi connectivity index (χ4n) is 3.44. The van der Waals surface area contributed by atoms with Crippen LogP contribution in [0.25, 0.3) is 11.4 Å². The largest absolute Gasteiger partial charge is 0.326 e. The first kappa shape index (κ1) is 19.4. The highest BCUT2D eigenvalue weighted by Gasteiger charge is 2.34. The third-order valence-corrected chi connectivity index (χ3v) is 4.94. The van der Waals surface area contributed by atoms with Gasteiger partial charge < -0.3 is 5.32 Å². The van der Waals surface area contributed by atoms with Gasteiger partial charge in [0.05, 0.1) is 11.1 Å². The summed E-state index contributed by atoms with van der Waals surface area (Å²) in [7, 11) is 1.74. The Kier molecular flexibility index (Phi) is 5.09. The molecule has 2 aromatic carbocycles. The first-order valence-electron chi connectivity index (χ1n) is 9.53. The van der Waals surface area contributed by atoms with Crippen molar-refractivity contribution in [3.8, 4) is 11.4 Å². The van der Waals surface area contributed by atoms with Crippen LogP contribution in [0.1, 0.15) is 39.1 Å². The summed E-state index contributed by atoms with van der Waals surface area (Å²) >= 11 is 0. The third-order valence-electron chi connectivity index (χ3n) is 4.94. The molecule has 0 aliphatic carbocycles. The van der Waals surface area contributed by atoms with Crippen LogP contribution in [0, 0.1) is 6.92 Å². The fourth-order valence-corrected chi connectivity index (χ4v) is 3.44. The van der Waals surface area contributed by atoms with Gasteiger partial charge in [0, 0.05) is 31.3 Å². The molecule has 9 heteroatoms. The molecule has 0 saturated carbocycles. The number of nitrogens with one attached hydrogen (secondary N) is 1. The third kappa shape index (κ3) is 3.69. The van der Waals surface area contributed by atoms with Crippen LogP contribution in [0.15, 0.2) is 42.5 Å². The lowest BCUT2D eigenvalue weighted by atomic mass is 10.1. The number of anilines is 1. The first-order valence-corrected chi connectivity index (χ1v) is 9.53. The molecule has 9 nitrogen and oxygen atoms in total. The number of benzene rings is 2. The number of aryl methyl sites for hydroxylation is 2. The number of rotatable bonds is 6. The van der Waals surface area contributed by atoms with Gasteiger partial charge in [-0.1, -0.05) is 23.8 Å². The van der Waals surface area contributed by atoms with Crippen molar-refractivity contribution in [3.63, 3.8) is 0 Å². The van der Waals surface area contributed by atoms with Gasteiger partial charge in [0.25, 0.3) is 11.8 Å². The second kappa shape index (κ2) is 7.86. The summed E-state index contributed by atoms with van der Waals surface area (Å²) in [6.07, 6.45) is 0.561. The van der Waals surface area contributed by atoms with Crippen molar-refractivity contribution in [3.05, 3.63) is 59.2 Å². The predicted molar refractivity (Wildman–Crippen MR) is 109 cm³/mol. The number of amides is 3. The zero-order valence-corrected chi connectivity index (χ0v) is 16.6. The van der Waals surface area contributed by atoms with E-state index in [4.69, 9.17) is 0 Å². The average Bonchev–Trinajstić information content (AvgIpc) is 3.25. The molecule has 0 unspecified atom stereocenters. The summed E-state index contributed by atoms with van der Waals surface area (Å²) in [5, 5.41) is 14.2. The number of fused-ring (bicyclic) bond motifs is 1. The van der Waals surface area contributed by atoms with E-state index in [1.54, 1.807) is 42.1 Å². The highest BCUT2D eigenvalue weighted by molar-refractivity contribution is 6.21. The normalized spacial score (nSPS) is 12.9. The summed E-state index contributed by atoms with van der Waals surface area (Å²) in [5.74, 6) is -0.216. The van der Waals surface area contributed by atoms with E-state index in [1.807, 2.05) is 19.1 Å². The van der Waals surface area contributed by atoms with Crippen molar-refractivity contribution in [1.29, 1.82) is 0 Å². The van der Waals surface area contributed by atoms with Crippen molar-refractivity contribution in [1.82, 2.24) is 25.1 Å². The van der Waals surface area contributed by atoms with Crippen molar-refractivity contribution in [2.75, 3.05) is 11.9 Å². The molecule has 152 valence electrons. The molecule has 0 saturated heterocycles. The van der Waals surface area contributed by atoms with Gasteiger partial charge in [0.2, 0.25) is 5.91 Å². The highest BCUT2D eigenvalue weighted by atomic mass is 16.2. The van der Waals surface area contributed by atoms with Crippen LogP contribution in [-0.4, -0.2) is 49.4 Å². The average molecular weight is 404 g/mol. The fraction of sp³-hybridized carbons (Fsp3) is 0.238. The number of hydrogen-bond donors (Lipinski definition) is 1. The smallest absolute Gasteiger partial charge is 0.261 e. The number of hydrogen-bond acceptors (Lipinski definition) is 6. The quantitative estimate of drug-likeness (QED) is 0.631. The molecule has 1 aromatic heterocycles. The predicted octanol–water partition coefficient (Wildman–Crippen LogP) is 2.20. The lowest BCUT2D eigenvalue weighted by molar-refractivity contribution is -0.116. The molecular weight excluding hydrogens is 384 g/mol. The number of carbonyl (C=O) groups excluding carboxylic acids is 3. The molecule has 1 aliphatic heterocycles. The second-order valence-corrected chi connectivity index (χ2v) is 7.17. The molecule has 3 amide bonds. The number of nitrogens with zero attached hydrogens (tertiary/aromatic N) is 5. The molecule has 0 bridgehead atoms. The van der Waals surface area contributed by atoms with Gasteiger partial charge in [-0.15, -0.1) is 5.10 Å². The van der Waals surface area contributed by atoms with E-state index in [-0.39, 0.29) is 30.7 Å². The maximum Gasteiger partial charge on any atom is 0.261 e. The van der Waals surface area contributed by atoms with Gasteiger partial charge in [0.15, 0.2) is 5.82 Å². The molecular formula is C21H20N6O3. The topological polar surface area (TPSA) is 110 Å². The molecule has 1 aliphatic rings. The number of tetrazole rings is 1. The molecule has 0 atom stereocenters. The standard InChI is InChI=1S/C21H20N6O3/c1-13-8-9-16-17(11-13)21(30)27(20(16)29)10-4-7-18(28)22-15-6-3-5-14(12-15)19-23-24-25-26(19)2/h3,5-6,8-9,11-12H,4,7,10H2,1-2H3,(H,22,28). The van der Waals surface area contributed by atoms with E-state index in [2.05, 4.69) is 20.8 Å². The SMILES string of the molecule is Cc1ccc2c(c1)C(=O)N(CCCC(=O)Nc1cccc(-c3nnnn3C)c1)C2=O. The Morgan fingerprint density at radius 1 is 1.07 bits per heavy atom. The maximum atomic E-state index is 12.5. The van der Waals surface area contributed by atoms with Crippen molar-refractivity contribution >= 4 is 23.4 Å². The molecule has 0 spiro atoms. The van der Waals surface area contributed by atoms with E-state index in [9.17, 15) is 14.4 Å². The van der Waals surface area contributed by atoms with E-state index in [1.165, 1.54) is 4.90 Å². The minimum atomic E-state index is -0.305. The van der Waals surface area contributed by atoms with Crippen LogP contribution in [0.4, 0.5) is 5.69 Å². The second-order valence-electron chi connectivity index (χ2n) is 7.17. The lowest BCUT2D eigenvalue weighted by Gasteiger charge is -2.13. The number of imide groups is 1. The Hall–Kier alpha value is -3.88. The Morgan fingerprint density at radius 2 is 1.87 bits per heavy atom. The summed E-state index contributed by atoms with van der Waals surface area (Å²) in [4.78, 5) is 38.5. The molecule has 3 aromatic rings. The van der Waals surface area contributed by atoms with Crippen LogP contribution < -0.4 is 5.32 Å². The highest BCUT2D eigenvalue weighted by Crippen LogP contribution is 2.24. The van der Waals surface area contributed by atoms with E-state index < -0.39 is 0 Å². The van der Waals surface area contributed by atoms with E-state index in [0.29, 0.717) is 29.1 Å². The van der Waals surface area contributed by atoms with Gasteiger partial charge in [-0.25, -0.2) is 4.68 Å². The zero-order valence-electron chi connectivity index (χ0n) is 16.6. The summed E-state index contributed by atoms with van der Waals surface area (Å²) < 4.78 is 1.55. The summed E-state index contributed by atoms with van der Waals surface area (Å²) in [6, 6.07) is 12.4. The molecule has 0 radical (unpaired) electrons. The minimum Gasteiger partial charge on any atom is -0.326 e. The molecule has 30 heavy (non-hydrogen) atoms. The van der Waals surface area contributed by atoms with Crippen molar-refractivity contribution in [2.45, 2.75) is 19.8 Å². The van der Waals surface area contributed by atoms with Crippen LogP contribution in [0.5, 0.6) is 0 Å². The van der Waals surface area contributed by atoms with Crippen molar-refractivity contribution < 1.29 is 14.4 Å². The summed E-state index contributed by atoms with van der Waals surface area (Å²) in [6.45, 7) is 2.07. The maximum absolute atomic E-state index is 12.5. The molecule has 4 rings (SSSR count). The van der Waals surface area contributed by atoms with Gasteiger partial charge in [-0.3, -0.25) is 19.3 Å². The Labute approximate surface area is 172 Å². The van der Waals surface area contributed by atoms with Crippen molar-refractivity contribution in [2.24, 2.45) is 7.05 Å². The minimum absolute atomic E-state index is 0.183. The van der Waals surface area contributed by atoms with E-state index in [0.717, 1.165) is 11.1 Å². The number of carbonyl (C=O) groups is 3. The van der Waals surface area contributed by atoms with Gasteiger partial charge in [-0.2, -0.15) is 0 Å². The van der Waals surface area contributed by atoms with Crippen LogP contribution in [0.3, 0.4) is 0 Å². The first-order chi connectivity index (χ1) is 14.4. The van der Waals surface area contributed by atoms with E-state index >= 15 is 0 Å². The van der Waals surface area contributed by atoms with Gasteiger partial charge in [-0.05, 0) is 48.0 Å². The van der Waals surface area contributed by atoms with Crippen LogP contribution in [-0.2, 0) is 11.8 Å². The molecule has 1 N–H and O–H groups in total. The Bertz CT molecular complexity index is 1150. The van der Waals surface area contributed by atoms with Gasteiger partial charge in [0.1, 0.15) is 0 Å². The lowest BCUT2D eigenvalue weighted by Crippen LogP contribution is -2.31. The monoisotopic (exact) mass is 404 g/mol. The molecule has 2 heterocycles.